The Morgan fingerprint density at radius 3 is 2.61 bits per heavy atom. The van der Waals surface area contributed by atoms with Crippen LogP contribution in [0.2, 0.25) is 0 Å². The zero-order valence-corrected chi connectivity index (χ0v) is 9.68. The molecule has 0 aliphatic carbocycles. The van der Waals surface area contributed by atoms with E-state index in [1.807, 2.05) is 24.3 Å². The van der Waals surface area contributed by atoms with Crippen LogP contribution in [-0.2, 0) is 6.18 Å². The molecule has 92 valence electrons. The lowest BCUT2D eigenvalue weighted by molar-refractivity contribution is -0.157. The highest BCUT2D eigenvalue weighted by Crippen LogP contribution is 2.35. The third-order valence-electron chi connectivity index (χ3n) is 2.42. The lowest BCUT2D eigenvalue weighted by Crippen LogP contribution is -2.04. The number of fused-ring (bicyclic) bond motifs is 1. The molecule has 0 spiro atoms. The Morgan fingerprint density at radius 1 is 1.17 bits per heavy atom. The van der Waals surface area contributed by atoms with Crippen LogP contribution in [0.1, 0.15) is 5.89 Å². The second-order valence-corrected chi connectivity index (χ2v) is 4.77. The molecule has 0 atom stereocenters. The van der Waals surface area contributed by atoms with Crippen molar-refractivity contribution in [3.05, 3.63) is 42.5 Å². The fourth-order valence-electron chi connectivity index (χ4n) is 1.63. The molecule has 0 fully saturated rings. The average Bonchev–Trinajstić information content (AvgIpc) is 2.94. The maximum atomic E-state index is 12.4. The second kappa shape index (κ2) is 3.84. The van der Waals surface area contributed by atoms with Crippen LogP contribution >= 0.6 is 11.3 Å². The summed E-state index contributed by atoms with van der Waals surface area (Å²) in [5.41, 5.74) is 0.212. The van der Waals surface area contributed by atoms with E-state index in [-0.39, 0.29) is 5.69 Å². The lowest BCUT2D eigenvalue weighted by Gasteiger charge is -1.97. The van der Waals surface area contributed by atoms with Gasteiger partial charge in [0.2, 0.25) is 0 Å². The Kier molecular flexibility index (Phi) is 2.41. The second-order valence-electron chi connectivity index (χ2n) is 3.68. The topological polar surface area (TPSA) is 26.0 Å². The first kappa shape index (κ1) is 11.3. The SMILES string of the molecule is FC(F)(F)c1nc(-c2cc3ccccc3s2)co1. The monoisotopic (exact) mass is 269 g/mol. The van der Waals surface area contributed by atoms with Crippen molar-refractivity contribution in [1.82, 2.24) is 4.98 Å². The first-order chi connectivity index (χ1) is 8.54. The molecule has 1 aromatic carbocycles. The summed E-state index contributed by atoms with van der Waals surface area (Å²) in [6.45, 7) is 0. The molecular formula is C12H6F3NOS. The van der Waals surface area contributed by atoms with Crippen molar-refractivity contribution in [3.8, 4) is 10.6 Å². The smallest absolute Gasteiger partial charge is 0.441 e. The average molecular weight is 269 g/mol. The molecule has 0 saturated heterocycles. The standard InChI is InChI=1S/C12H6F3NOS/c13-12(14,15)11-16-8(6-17-11)10-5-7-3-1-2-4-9(7)18-10/h1-6H. The van der Waals surface area contributed by atoms with E-state index in [2.05, 4.69) is 9.40 Å². The number of rotatable bonds is 1. The highest BCUT2D eigenvalue weighted by Gasteiger charge is 2.37. The Bertz CT molecular complexity index is 665. The minimum atomic E-state index is -4.55. The summed E-state index contributed by atoms with van der Waals surface area (Å²) >= 11 is 1.38. The fourth-order valence-corrected chi connectivity index (χ4v) is 2.64. The molecular weight excluding hydrogens is 263 g/mol. The van der Waals surface area contributed by atoms with Gasteiger partial charge in [-0.25, -0.2) is 4.98 Å². The number of nitrogens with zero attached hydrogens (tertiary/aromatic N) is 1. The molecule has 0 aliphatic heterocycles. The molecule has 0 unspecified atom stereocenters. The molecule has 0 amide bonds. The molecule has 0 bridgehead atoms. The van der Waals surface area contributed by atoms with Crippen LogP contribution in [0.5, 0.6) is 0 Å². The third-order valence-corrected chi connectivity index (χ3v) is 3.56. The van der Waals surface area contributed by atoms with Gasteiger partial charge in [0, 0.05) is 4.70 Å². The molecule has 6 heteroatoms. The van der Waals surface area contributed by atoms with E-state index in [1.165, 1.54) is 11.3 Å². The summed E-state index contributed by atoms with van der Waals surface area (Å²) in [6, 6.07) is 9.38. The number of thiophene rings is 1. The van der Waals surface area contributed by atoms with Crippen molar-refractivity contribution in [2.24, 2.45) is 0 Å². The van der Waals surface area contributed by atoms with Crippen LogP contribution in [0.15, 0.2) is 41.0 Å². The minimum absolute atomic E-state index is 0.212. The summed E-state index contributed by atoms with van der Waals surface area (Å²) in [6.07, 6.45) is -3.51. The van der Waals surface area contributed by atoms with E-state index in [0.717, 1.165) is 16.3 Å². The van der Waals surface area contributed by atoms with Gasteiger partial charge in [-0.2, -0.15) is 13.2 Å². The predicted octanol–water partition coefficient (Wildman–Crippen LogP) is 4.58. The van der Waals surface area contributed by atoms with E-state index in [0.29, 0.717) is 4.88 Å². The zero-order valence-electron chi connectivity index (χ0n) is 8.86. The normalized spacial score (nSPS) is 12.2. The van der Waals surface area contributed by atoms with Crippen molar-refractivity contribution < 1.29 is 17.6 Å². The molecule has 0 aliphatic rings. The Hall–Kier alpha value is -1.82. The predicted molar refractivity (Wildman–Crippen MR) is 62.3 cm³/mol. The Labute approximate surface area is 104 Å². The van der Waals surface area contributed by atoms with Crippen molar-refractivity contribution in [3.63, 3.8) is 0 Å². The number of oxazole rings is 1. The van der Waals surface area contributed by atoms with Crippen LogP contribution in [0.25, 0.3) is 20.7 Å². The minimum Gasteiger partial charge on any atom is -0.441 e. The van der Waals surface area contributed by atoms with Crippen LogP contribution in [0, 0.1) is 0 Å². The van der Waals surface area contributed by atoms with E-state index in [4.69, 9.17) is 0 Å². The van der Waals surface area contributed by atoms with Crippen LogP contribution in [0.3, 0.4) is 0 Å². The molecule has 3 aromatic rings. The zero-order chi connectivity index (χ0) is 12.8. The van der Waals surface area contributed by atoms with Gasteiger partial charge in [0.05, 0.1) is 4.88 Å². The van der Waals surface area contributed by atoms with E-state index < -0.39 is 12.1 Å². The highest BCUT2D eigenvalue weighted by molar-refractivity contribution is 7.22. The fraction of sp³-hybridized carbons (Fsp3) is 0.0833. The number of benzene rings is 1. The van der Waals surface area contributed by atoms with E-state index in [9.17, 15) is 13.2 Å². The van der Waals surface area contributed by atoms with Gasteiger partial charge in [0.25, 0.3) is 0 Å². The lowest BCUT2D eigenvalue weighted by atomic mass is 10.2. The van der Waals surface area contributed by atoms with Gasteiger partial charge >= 0.3 is 12.1 Å². The molecule has 2 heterocycles. The Morgan fingerprint density at radius 2 is 1.94 bits per heavy atom. The van der Waals surface area contributed by atoms with Gasteiger partial charge in [0.1, 0.15) is 12.0 Å². The molecule has 18 heavy (non-hydrogen) atoms. The maximum Gasteiger partial charge on any atom is 0.468 e. The summed E-state index contributed by atoms with van der Waals surface area (Å²) in [7, 11) is 0. The van der Waals surface area contributed by atoms with Crippen molar-refractivity contribution >= 4 is 21.4 Å². The number of hydrogen-bond acceptors (Lipinski definition) is 3. The molecule has 3 rings (SSSR count). The van der Waals surface area contributed by atoms with E-state index in [1.54, 1.807) is 6.07 Å². The third kappa shape index (κ3) is 1.88. The maximum absolute atomic E-state index is 12.4. The molecule has 0 radical (unpaired) electrons. The number of aromatic nitrogens is 1. The highest BCUT2D eigenvalue weighted by atomic mass is 32.1. The molecule has 0 saturated carbocycles. The van der Waals surface area contributed by atoms with Gasteiger partial charge < -0.3 is 4.42 Å². The summed E-state index contributed by atoms with van der Waals surface area (Å²) in [4.78, 5) is 4.13. The van der Waals surface area contributed by atoms with Crippen molar-refractivity contribution in [2.45, 2.75) is 6.18 Å². The molecule has 2 nitrogen and oxygen atoms in total. The Balaban J connectivity index is 2.06. The van der Waals surface area contributed by atoms with Gasteiger partial charge in [-0.05, 0) is 17.5 Å². The van der Waals surface area contributed by atoms with Gasteiger partial charge in [0.15, 0.2) is 0 Å². The summed E-state index contributed by atoms with van der Waals surface area (Å²) in [5.74, 6) is -1.21. The molecule has 0 N–H and O–H groups in total. The van der Waals surface area contributed by atoms with Gasteiger partial charge in [-0.3, -0.25) is 0 Å². The largest absolute Gasteiger partial charge is 0.468 e. The van der Waals surface area contributed by atoms with Crippen LogP contribution < -0.4 is 0 Å². The number of alkyl halides is 3. The van der Waals surface area contributed by atoms with Crippen molar-refractivity contribution in [1.29, 1.82) is 0 Å². The summed E-state index contributed by atoms with van der Waals surface area (Å²) < 4.78 is 42.6. The van der Waals surface area contributed by atoms with Gasteiger partial charge in [-0.15, -0.1) is 11.3 Å². The summed E-state index contributed by atoms with van der Waals surface area (Å²) in [5, 5.41) is 0.981. The van der Waals surface area contributed by atoms with Crippen molar-refractivity contribution in [2.75, 3.05) is 0 Å². The first-order valence-electron chi connectivity index (χ1n) is 5.06. The quantitative estimate of drug-likeness (QED) is 0.646. The number of halogens is 3. The van der Waals surface area contributed by atoms with Crippen LogP contribution in [-0.4, -0.2) is 4.98 Å². The number of hydrogen-bond donors (Lipinski definition) is 0. The first-order valence-corrected chi connectivity index (χ1v) is 5.87. The molecule has 2 aromatic heterocycles. The van der Waals surface area contributed by atoms with Gasteiger partial charge in [-0.1, -0.05) is 18.2 Å². The van der Waals surface area contributed by atoms with Crippen LogP contribution in [0.4, 0.5) is 13.2 Å². The van der Waals surface area contributed by atoms with E-state index >= 15 is 0 Å².